The molecule has 0 saturated heterocycles. The van der Waals surface area contributed by atoms with Crippen molar-refractivity contribution in [2.24, 2.45) is 0 Å². The van der Waals surface area contributed by atoms with Gasteiger partial charge in [-0.2, -0.15) is 0 Å². The monoisotopic (exact) mass is 404 g/mol. The summed E-state index contributed by atoms with van der Waals surface area (Å²) < 4.78 is 31.5. The van der Waals surface area contributed by atoms with Crippen LogP contribution >= 0.6 is 0 Å². The smallest absolute Gasteiger partial charge is 0.211 e. The number of carbonyl (C=O) groups is 1. The van der Waals surface area contributed by atoms with Gasteiger partial charge in [-0.3, -0.25) is 4.79 Å². The van der Waals surface area contributed by atoms with Gasteiger partial charge in [0.25, 0.3) is 0 Å². The van der Waals surface area contributed by atoms with Crippen LogP contribution in [0.25, 0.3) is 6.08 Å². The Balaban J connectivity index is 2.54. The molecule has 0 atom stereocenters. The van der Waals surface area contributed by atoms with Crippen molar-refractivity contribution in [2.75, 3.05) is 42.7 Å². The number of benzene rings is 2. The highest BCUT2D eigenvalue weighted by Gasteiger charge is 2.30. The zero-order valence-electron chi connectivity index (χ0n) is 17.2. The molecular formula is C21H24O8. The SMILES string of the molecule is COc1ccc(C=CC(=O)c2c(O)c(OC)c(OC)c(OC)c2OC)cc1OC. The zero-order valence-corrected chi connectivity index (χ0v) is 17.2. The second kappa shape index (κ2) is 9.59. The summed E-state index contributed by atoms with van der Waals surface area (Å²) in [6.45, 7) is 0. The highest BCUT2D eigenvalue weighted by Crippen LogP contribution is 2.53. The minimum absolute atomic E-state index is 0.0320. The van der Waals surface area contributed by atoms with Gasteiger partial charge in [-0.25, -0.2) is 0 Å². The predicted octanol–water partition coefficient (Wildman–Crippen LogP) is 3.34. The first-order valence-electron chi connectivity index (χ1n) is 8.50. The fraction of sp³-hybridized carbons (Fsp3) is 0.286. The maximum Gasteiger partial charge on any atom is 0.211 e. The summed E-state index contributed by atoms with van der Waals surface area (Å²) in [5.41, 5.74) is 0.584. The summed E-state index contributed by atoms with van der Waals surface area (Å²) in [5.74, 6) is 0.405. The van der Waals surface area contributed by atoms with E-state index in [0.29, 0.717) is 17.1 Å². The number of hydrogen-bond donors (Lipinski definition) is 1. The number of methoxy groups -OCH3 is 6. The second-order valence-corrected chi connectivity index (χ2v) is 5.67. The minimum atomic E-state index is -0.520. The van der Waals surface area contributed by atoms with E-state index in [1.165, 1.54) is 48.7 Å². The highest BCUT2D eigenvalue weighted by atomic mass is 16.5. The lowest BCUT2D eigenvalue weighted by Gasteiger charge is -2.19. The molecule has 0 saturated carbocycles. The van der Waals surface area contributed by atoms with E-state index in [1.807, 2.05) is 0 Å². The summed E-state index contributed by atoms with van der Waals surface area (Å²) >= 11 is 0. The number of allylic oxidation sites excluding steroid dienone is 1. The Morgan fingerprint density at radius 3 is 1.83 bits per heavy atom. The maximum absolute atomic E-state index is 12.9. The first kappa shape index (κ1) is 21.7. The number of rotatable bonds is 9. The van der Waals surface area contributed by atoms with E-state index < -0.39 is 11.5 Å². The van der Waals surface area contributed by atoms with Crippen molar-refractivity contribution < 1.29 is 38.3 Å². The van der Waals surface area contributed by atoms with Crippen molar-refractivity contribution in [2.45, 2.75) is 0 Å². The van der Waals surface area contributed by atoms with Crippen LogP contribution in [0.1, 0.15) is 15.9 Å². The molecule has 0 spiro atoms. The third-order valence-electron chi connectivity index (χ3n) is 4.20. The van der Waals surface area contributed by atoms with Gasteiger partial charge in [0.15, 0.2) is 28.8 Å². The van der Waals surface area contributed by atoms with E-state index in [4.69, 9.17) is 28.4 Å². The fourth-order valence-corrected chi connectivity index (χ4v) is 2.84. The third kappa shape index (κ3) is 4.16. The Morgan fingerprint density at radius 1 is 0.759 bits per heavy atom. The molecule has 0 radical (unpaired) electrons. The highest BCUT2D eigenvalue weighted by molar-refractivity contribution is 6.12. The van der Waals surface area contributed by atoms with E-state index in [-0.39, 0.29) is 28.6 Å². The van der Waals surface area contributed by atoms with Crippen LogP contribution in [0.15, 0.2) is 24.3 Å². The zero-order chi connectivity index (χ0) is 21.6. The van der Waals surface area contributed by atoms with Crippen LogP contribution in [0.5, 0.6) is 40.2 Å². The molecule has 0 unspecified atom stereocenters. The van der Waals surface area contributed by atoms with Crippen LogP contribution in [0.4, 0.5) is 0 Å². The largest absolute Gasteiger partial charge is 0.504 e. The molecule has 2 aromatic rings. The molecule has 2 rings (SSSR count). The minimum Gasteiger partial charge on any atom is -0.504 e. The maximum atomic E-state index is 12.9. The first-order valence-corrected chi connectivity index (χ1v) is 8.50. The number of ether oxygens (including phenoxy) is 6. The molecule has 29 heavy (non-hydrogen) atoms. The van der Waals surface area contributed by atoms with E-state index in [9.17, 15) is 9.90 Å². The second-order valence-electron chi connectivity index (χ2n) is 5.67. The van der Waals surface area contributed by atoms with Crippen LogP contribution in [-0.2, 0) is 0 Å². The van der Waals surface area contributed by atoms with Crippen LogP contribution in [-0.4, -0.2) is 53.5 Å². The molecule has 0 amide bonds. The molecule has 156 valence electrons. The lowest BCUT2D eigenvalue weighted by atomic mass is 10.0. The molecule has 2 aromatic carbocycles. The quantitative estimate of drug-likeness (QED) is 0.503. The van der Waals surface area contributed by atoms with Crippen molar-refractivity contribution in [1.29, 1.82) is 0 Å². The molecule has 8 heteroatoms. The van der Waals surface area contributed by atoms with E-state index in [0.717, 1.165) is 0 Å². The van der Waals surface area contributed by atoms with Crippen molar-refractivity contribution in [3.05, 3.63) is 35.4 Å². The van der Waals surface area contributed by atoms with Gasteiger partial charge < -0.3 is 33.5 Å². The first-order chi connectivity index (χ1) is 14.0. The van der Waals surface area contributed by atoms with Crippen LogP contribution in [0, 0.1) is 0 Å². The van der Waals surface area contributed by atoms with Gasteiger partial charge in [0.05, 0.1) is 42.7 Å². The van der Waals surface area contributed by atoms with Crippen LogP contribution < -0.4 is 28.4 Å². The molecule has 0 fully saturated rings. The van der Waals surface area contributed by atoms with Gasteiger partial charge in [0.2, 0.25) is 17.2 Å². The topological polar surface area (TPSA) is 92.7 Å². The number of hydrogen-bond acceptors (Lipinski definition) is 8. The molecule has 0 aliphatic rings. The van der Waals surface area contributed by atoms with E-state index >= 15 is 0 Å². The van der Waals surface area contributed by atoms with Crippen molar-refractivity contribution in [3.8, 4) is 40.2 Å². The number of aromatic hydroxyl groups is 1. The summed E-state index contributed by atoms with van der Waals surface area (Å²) in [4.78, 5) is 12.9. The number of ketones is 1. The van der Waals surface area contributed by atoms with E-state index in [1.54, 1.807) is 24.3 Å². The summed E-state index contributed by atoms with van der Waals surface area (Å²) in [7, 11) is 8.54. The van der Waals surface area contributed by atoms with Gasteiger partial charge in [-0.1, -0.05) is 12.1 Å². The van der Waals surface area contributed by atoms with Gasteiger partial charge in [0, 0.05) is 0 Å². The Hall–Kier alpha value is -3.55. The standard InChI is InChI=1S/C21H24O8/c1-24-14-10-8-12(11-15(14)25-2)7-9-13(22)16-17(23)19(27-4)21(29-6)20(28-5)18(16)26-3/h7-11,23H,1-6H3. The van der Waals surface area contributed by atoms with Crippen LogP contribution in [0.2, 0.25) is 0 Å². The van der Waals surface area contributed by atoms with Crippen LogP contribution in [0.3, 0.4) is 0 Å². The molecule has 8 nitrogen and oxygen atoms in total. The molecule has 0 aliphatic heterocycles. The lowest BCUT2D eigenvalue weighted by Crippen LogP contribution is -2.06. The van der Waals surface area contributed by atoms with Crippen molar-refractivity contribution in [3.63, 3.8) is 0 Å². The van der Waals surface area contributed by atoms with Crippen molar-refractivity contribution >= 4 is 11.9 Å². The average molecular weight is 404 g/mol. The number of carbonyl (C=O) groups excluding carboxylic acids is 1. The Bertz CT molecular complexity index is 918. The molecule has 0 aliphatic carbocycles. The average Bonchev–Trinajstić information content (AvgIpc) is 2.75. The fourth-order valence-electron chi connectivity index (χ4n) is 2.84. The molecule has 1 N–H and O–H groups in total. The molecule has 0 bridgehead atoms. The van der Waals surface area contributed by atoms with Gasteiger partial charge in [-0.05, 0) is 23.8 Å². The number of phenolic OH excluding ortho intramolecular Hbond substituents is 1. The third-order valence-corrected chi connectivity index (χ3v) is 4.20. The van der Waals surface area contributed by atoms with Gasteiger partial charge in [-0.15, -0.1) is 0 Å². The summed E-state index contributed by atoms with van der Waals surface area (Å²) in [5, 5.41) is 10.6. The predicted molar refractivity (Wildman–Crippen MR) is 107 cm³/mol. The molecular weight excluding hydrogens is 380 g/mol. The lowest BCUT2D eigenvalue weighted by molar-refractivity contribution is 0.104. The Kier molecular flexibility index (Phi) is 7.19. The molecule has 0 aromatic heterocycles. The Labute approximate surface area is 169 Å². The Morgan fingerprint density at radius 2 is 1.31 bits per heavy atom. The summed E-state index contributed by atoms with van der Waals surface area (Å²) in [6, 6.07) is 5.20. The molecule has 0 heterocycles. The normalized spacial score (nSPS) is 10.6. The summed E-state index contributed by atoms with van der Waals surface area (Å²) in [6.07, 6.45) is 2.87. The van der Waals surface area contributed by atoms with Gasteiger partial charge >= 0.3 is 0 Å². The van der Waals surface area contributed by atoms with Gasteiger partial charge in [0.1, 0.15) is 5.56 Å². The number of phenols is 1. The van der Waals surface area contributed by atoms with E-state index in [2.05, 4.69) is 0 Å². The van der Waals surface area contributed by atoms with Crippen molar-refractivity contribution in [1.82, 2.24) is 0 Å².